The zero-order valence-corrected chi connectivity index (χ0v) is 24.6. The summed E-state index contributed by atoms with van der Waals surface area (Å²) in [5, 5.41) is 3.81. The van der Waals surface area contributed by atoms with Gasteiger partial charge in [0.25, 0.3) is 15.9 Å². The molecular formula is C30H35FN4O5S. The summed E-state index contributed by atoms with van der Waals surface area (Å²) < 4.78 is 55.5. The summed E-state index contributed by atoms with van der Waals surface area (Å²) in [6, 6.07) is 9.14. The second-order valence-electron chi connectivity index (χ2n) is 10.8. The van der Waals surface area contributed by atoms with E-state index in [0.29, 0.717) is 34.6 Å². The third kappa shape index (κ3) is 5.47. The van der Waals surface area contributed by atoms with Crippen molar-refractivity contribution in [3.05, 3.63) is 59.0 Å². The molecule has 1 amide bonds. The van der Waals surface area contributed by atoms with E-state index in [4.69, 9.17) is 14.3 Å². The van der Waals surface area contributed by atoms with Gasteiger partial charge in [-0.25, -0.2) is 17.5 Å². The van der Waals surface area contributed by atoms with Gasteiger partial charge >= 0.3 is 0 Å². The Morgan fingerprint density at radius 3 is 2.54 bits per heavy atom. The molecule has 1 saturated carbocycles. The first kappa shape index (κ1) is 28.8. The Balaban J connectivity index is 1.46. The van der Waals surface area contributed by atoms with Gasteiger partial charge in [0.2, 0.25) is 5.88 Å². The molecule has 0 bridgehead atoms. The van der Waals surface area contributed by atoms with Crippen LogP contribution in [0.5, 0.6) is 5.75 Å². The van der Waals surface area contributed by atoms with Crippen LogP contribution in [0.15, 0.2) is 50.8 Å². The molecule has 218 valence electrons. The molecular weight excluding hydrogens is 547 g/mol. The molecule has 1 spiro atoms. The number of benzene rings is 2. The van der Waals surface area contributed by atoms with Gasteiger partial charge in [-0.1, -0.05) is 43.5 Å². The lowest BCUT2D eigenvalue weighted by Crippen LogP contribution is -2.40. The van der Waals surface area contributed by atoms with Crippen molar-refractivity contribution in [2.24, 2.45) is 4.99 Å². The molecule has 2 heterocycles. The summed E-state index contributed by atoms with van der Waals surface area (Å²) >= 11 is 0. The first-order valence-corrected chi connectivity index (χ1v) is 15.4. The molecule has 1 aliphatic heterocycles. The second kappa shape index (κ2) is 11.3. The third-order valence-electron chi connectivity index (χ3n) is 8.04. The lowest BCUT2D eigenvalue weighted by molar-refractivity contribution is -0.131. The standard InChI is InChI=1S/C30H35FN4O5S/c1-5-6-9-27-32-30(14-7-8-15-30)29(36)35(27)18-22-11-10-21(16-25(22)31)24-13-12-23(39-4)17-26(24)41(37,38)34-28-19(2)20(3)33-40-28/h10-13,16-17,34H,5-9,14-15,18H2,1-4H3. The number of aromatic nitrogens is 1. The molecule has 0 atom stereocenters. The van der Waals surface area contributed by atoms with Gasteiger partial charge in [0, 0.05) is 29.2 Å². The quantitative estimate of drug-likeness (QED) is 0.307. The maximum absolute atomic E-state index is 15.6. The highest BCUT2D eigenvalue weighted by molar-refractivity contribution is 7.92. The zero-order valence-electron chi connectivity index (χ0n) is 23.8. The van der Waals surface area contributed by atoms with Gasteiger partial charge in [-0.15, -0.1) is 0 Å². The van der Waals surface area contributed by atoms with Crippen molar-refractivity contribution in [3.8, 4) is 16.9 Å². The number of anilines is 1. The molecule has 0 unspecified atom stereocenters. The number of nitrogens with zero attached hydrogens (tertiary/aromatic N) is 3. The molecule has 0 saturated heterocycles. The van der Waals surface area contributed by atoms with Crippen LogP contribution in [0, 0.1) is 19.7 Å². The van der Waals surface area contributed by atoms with Crippen LogP contribution < -0.4 is 9.46 Å². The SMILES string of the molecule is CCCCC1=NC2(CCCC2)C(=O)N1Cc1ccc(-c2ccc(OC)cc2S(=O)(=O)Nc2onc(C)c2C)cc1F. The number of rotatable bonds is 10. The number of amidine groups is 1. The number of ether oxygens (including phenoxy) is 1. The van der Waals surface area contributed by atoms with Crippen molar-refractivity contribution in [2.45, 2.75) is 82.7 Å². The Morgan fingerprint density at radius 1 is 1.15 bits per heavy atom. The van der Waals surface area contributed by atoms with E-state index >= 15 is 4.39 Å². The number of hydrogen-bond donors (Lipinski definition) is 1. The highest BCUT2D eigenvalue weighted by atomic mass is 32.2. The summed E-state index contributed by atoms with van der Waals surface area (Å²) in [5.74, 6) is 0.482. The topological polar surface area (TPSA) is 114 Å². The average Bonchev–Trinajstić information content (AvgIpc) is 3.63. The smallest absolute Gasteiger partial charge is 0.265 e. The van der Waals surface area contributed by atoms with Gasteiger partial charge in [0.15, 0.2) is 0 Å². The second-order valence-corrected chi connectivity index (χ2v) is 12.4. The number of carbonyl (C=O) groups excluding carboxylic acids is 1. The Labute approximate surface area is 239 Å². The van der Waals surface area contributed by atoms with E-state index in [1.54, 1.807) is 43.0 Å². The Kier molecular flexibility index (Phi) is 7.91. The summed E-state index contributed by atoms with van der Waals surface area (Å²) in [4.78, 5) is 19.9. The van der Waals surface area contributed by atoms with E-state index in [-0.39, 0.29) is 28.8 Å². The molecule has 11 heteroatoms. The van der Waals surface area contributed by atoms with Crippen molar-refractivity contribution in [2.75, 3.05) is 11.8 Å². The normalized spacial score (nSPS) is 16.5. The first-order valence-electron chi connectivity index (χ1n) is 13.9. The van der Waals surface area contributed by atoms with Crippen molar-refractivity contribution < 1.29 is 26.9 Å². The predicted molar refractivity (Wildman–Crippen MR) is 154 cm³/mol. The van der Waals surface area contributed by atoms with Crippen LogP contribution in [0.4, 0.5) is 10.3 Å². The molecule has 5 rings (SSSR count). The summed E-state index contributed by atoms with van der Waals surface area (Å²) in [5.41, 5.74) is 1.41. The molecule has 2 aliphatic rings. The van der Waals surface area contributed by atoms with E-state index in [9.17, 15) is 13.2 Å². The Bertz CT molecular complexity index is 1610. The van der Waals surface area contributed by atoms with Gasteiger partial charge in [0.1, 0.15) is 22.9 Å². The molecule has 41 heavy (non-hydrogen) atoms. The van der Waals surface area contributed by atoms with Crippen LogP contribution in [-0.4, -0.2) is 42.9 Å². The lowest BCUT2D eigenvalue weighted by Gasteiger charge is -2.23. The minimum Gasteiger partial charge on any atom is -0.497 e. The summed E-state index contributed by atoms with van der Waals surface area (Å²) in [6.07, 6.45) is 5.93. The maximum atomic E-state index is 15.6. The fraction of sp³-hybridized carbons (Fsp3) is 0.433. The van der Waals surface area contributed by atoms with Crippen LogP contribution in [0.1, 0.15) is 68.7 Å². The van der Waals surface area contributed by atoms with Gasteiger partial charge in [-0.2, -0.15) is 0 Å². The van der Waals surface area contributed by atoms with Crippen LogP contribution in [0.25, 0.3) is 11.1 Å². The number of nitrogens with one attached hydrogen (secondary N) is 1. The highest BCUT2D eigenvalue weighted by Crippen LogP contribution is 2.40. The van der Waals surface area contributed by atoms with Crippen LogP contribution >= 0.6 is 0 Å². The first-order chi connectivity index (χ1) is 19.6. The van der Waals surface area contributed by atoms with Crippen molar-refractivity contribution in [1.82, 2.24) is 10.1 Å². The highest BCUT2D eigenvalue weighted by Gasteiger charge is 2.49. The number of unbranched alkanes of at least 4 members (excludes halogenated alkanes) is 1. The molecule has 1 aliphatic carbocycles. The van der Waals surface area contributed by atoms with Crippen LogP contribution in [0.3, 0.4) is 0 Å². The summed E-state index contributed by atoms with van der Waals surface area (Å²) in [7, 11) is -2.73. The Hall–Kier alpha value is -3.73. The molecule has 0 radical (unpaired) electrons. The molecule has 9 nitrogen and oxygen atoms in total. The predicted octanol–water partition coefficient (Wildman–Crippen LogP) is 6.15. The van der Waals surface area contributed by atoms with Crippen molar-refractivity contribution >= 4 is 27.7 Å². The molecule has 1 N–H and O–H groups in total. The van der Waals surface area contributed by atoms with Gasteiger partial charge in [-0.3, -0.25) is 14.7 Å². The number of hydrogen-bond acceptors (Lipinski definition) is 7. The molecule has 3 aromatic rings. The van der Waals surface area contributed by atoms with E-state index < -0.39 is 21.4 Å². The zero-order chi connectivity index (χ0) is 29.4. The van der Waals surface area contributed by atoms with E-state index in [1.165, 1.54) is 19.2 Å². The number of methoxy groups -OCH3 is 1. The number of sulfonamides is 1. The van der Waals surface area contributed by atoms with Crippen LogP contribution in [-0.2, 0) is 21.4 Å². The monoisotopic (exact) mass is 582 g/mol. The summed E-state index contributed by atoms with van der Waals surface area (Å²) in [6.45, 7) is 5.57. The van der Waals surface area contributed by atoms with Gasteiger partial charge < -0.3 is 9.26 Å². The largest absolute Gasteiger partial charge is 0.497 e. The lowest BCUT2D eigenvalue weighted by atomic mass is 9.98. The minimum absolute atomic E-state index is 0.00801. The number of aliphatic imine (C=N–C) groups is 1. The Morgan fingerprint density at radius 2 is 1.90 bits per heavy atom. The fourth-order valence-electron chi connectivity index (χ4n) is 5.49. The van der Waals surface area contributed by atoms with Crippen LogP contribution in [0.2, 0.25) is 0 Å². The fourth-order valence-corrected chi connectivity index (χ4v) is 6.78. The molecule has 1 aromatic heterocycles. The number of carbonyl (C=O) groups is 1. The van der Waals surface area contributed by atoms with E-state index in [1.807, 2.05) is 0 Å². The number of halogens is 1. The minimum atomic E-state index is -4.17. The van der Waals surface area contributed by atoms with E-state index in [2.05, 4.69) is 16.8 Å². The average molecular weight is 583 g/mol. The maximum Gasteiger partial charge on any atom is 0.265 e. The van der Waals surface area contributed by atoms with E-state index in [0.717, 1.165) is 44.4 Å². The number of aryl methyl sites for hydroxylation is 1. The van der Waals surface area contributed by atoms with Crippen molar-refractivity contribution in [3.63, 3.8) is 0 Å². The third-order valence-corrected chi connectivity index (χ3v) is 9.41. The van der Waals surface area contributed by atoms with Crippen molar-refractivity contribution in [1.29, 1.82) is 0 Å². The molecule has 1 fully saturated rings. The molecule has 2 aromatic carbocycles. The van der Waals surface area contributed by atoms with Gasteiger partial charge in [0.05, 0.1) is 24.2 Å². The van der Waals surface area contributed by atoms with Gasteiger partial charge in [-0.05, 0) is 56.9 Å². The number of amides is 1.